The lowest BCUT2D eigenvalue weighted by molar-refractivity contribution is 0.0623. The third-order valence-corrected chi connectivity index (χ3v) is 3.92. The summed E-state index contributed by atoms with van der Waals surface area (Å²) in [5, 5.41) is 0. The maximum absolute atomic E-state index is 12.7. The van der Waals surface area contributed by atoms with Crippen molar-refractivity contribution in [1.29, 1.82) is 0 Å². The molecule has 6 heteroatoms. The lowest BCUT2D eigenvalue weighted by Gasteiger charge is -2.35. The van der Waals surface area contributed by atoms with Crippen LogP contribution in [0, 0.1) is 0 Å². The number of nitrogens with zero attached hydrogens (tertiary/aromatic N) is 4. The molecule has 0 radical (unpaired) electrons. The van der Waals surface area contributed by atoms with Crippen molar-refractivity contribution in [2.75, 3.05) is 13.1 Å². The summed E-state index contributed by atoms with van der Waals surface area (Å²) in [5.41, 5.74) is 6.45. The highest BCUT2D eigenvalue weighted by molar-refractivity contribution is 5.94. The summed E-state index contributed by atoms with van der Waals surface area (Å²) in [7, 11) is 0. The van der Waals surface area contributed by atoms with Gasteiger partial charge in [-0.1, -0.05) is 0 Å². The van der Waals surface area contributed by atoms with Crippen LogP contribution in [0.1, 0.15) is 29.6 Å². The molecule has 1 saturated heterocycles. The quantitative estimate of drug-likeness (QED) is 0.920. The van der Waals surface area contributed by atoms with Crippen molar-refractivity contribution >= 4 is 5.91 Å². The fraction of sp³-hybridized carbons (Fsp3) is 0.400. The molecule has 1 unspecified atom stereocenters. The van der Waals surface area contributed by atoms with Gasteiger partial charge in [-0.3, -0.25) is 9.36 Å². The Bertz CT molecular complexity index is 610. The summed E-state index contributed by atoms with van der Waals surface area (Å²) in [6, 6.07) is 3.70. The fourth-order valence-electron chi connectivity index (χ4n) is 2.77. The average molecular weight is 285 g/mol. The number of nitrogens with two attached hydrogens (primary N) is 1. The van der Waals surface area contributed by atoms with E-state index in [-0.39, 0.29) is 11.9 Å². The van der Waals surface area contributed by atoms with Gasteiger partial charge in [0.05, 0.1) is 0 Å². The number of amides is 1. The second kappa shape index (κ2) is 6.05. The molecule has 0 spiro atoms. The number of hydrogen-bond acceptors (Lipinski definition) is 4. The van der Waals surface area contributed by atoms with E-state index in [0.29, 0.717) is 17.9 Å². The van der Waals surface area contributed by atoms with Gasteiger partial charge in [-0.25, -0.2) is 9.97 Å². The molecule has 2 aromatic rings. The maximum atomic E-state index is 12.7. The second-order valence-electron chi connectivity index (χ2n) is 5.26. The predicted octanol–water partition coefficient (Wildman–Crippen LogP) is 1.22. The van der Waals surface area contributed by atoms with Gasteiger partial charge in [-0.2, -0.15) is 0 Å². The van der Waals surface area contributed by atoms with E-state index in [0.717, 1.165) is 25.8 Å². The number of carbonyl (C=O) groups excluding carboxylic acids is 1. The topological polar surface area (TPSA) is 77.0 Å². The third kappa shape index (κ3) is 2.80. The Labute approximate surface area is 123 Å². The Hall–Kier alpha value is -2.21. The molecule has 1 amide bonds. The molecule has 1 aliphatic rings. The van der Waals surface area contributed by atoms with Crippen LogP contribution in [0.25, 0.3) is 5.82 Å². The molecule has 110 valence electrons. The molecule has 0 aromatic carbocycles. The number of aromatic nitrogens is 3. The summed E-state index contributed by atoms with van der Waals surface area (Å²) < 4.78 is 1.79. The van der Waals surface area contributed by atoms with Crippen LogP contribution in [0.15, 0.2) is 37.1 Å². The number of rotatable bonds is 3. The van der Waals surface area contributed by atoms with Gasteiger partial charge in [-0.15, -0.1) is 0 Å². The second-order valence-corrected chi connectivity index (χ2v) is 5.26. The Balaban J connectivity index is 1.86. The first kappa shape index (κ1) is 13.8. The molecular formula is C15H19N5O. The number of pyridine rings is 1. The number of likely N-dealkylation sites (tertiary alicyclic amines) is 1. The lowest BCUT2D eigenvalue weighted by Crippen LogP contribution is -2.47. The molecular weight excluding hydrogens is 266 g/mol. The van der Waals surface area contributed by atoms with Gasteiger partial charge in [0, 0.05) is 43.3 Å². The first-order valence-corrected chi connectivity index (χ1v) is 7.25. The standard InChI is InChI=1S/C15H19N5O/c16-10-13-3-1-2-7-20(13)15(21)12-4-5-18-14(9-12)19-8-6-17-11-19/h4-6,8-9,11,13H,1-3,7,10,16H2. The molecule has 0 aliphatic carbocycles. The van der Waals surface area contributed by atoms with E-state index < -0.39 is 0 Å². The molecule has 0 saturated carbocycles. The summed E-state index contributed by atoms with van der Waals surface area (Å²) in [6.07, 6.45) is 9.99. The molecule has 2 N–H and O–H groups in total. The van der Waals surface area contributed by atoms with Crippen molar-refractivity contribution in [1.82, 2.24) is 19.4 Å². The molecule has 3 rings (SSSR count). The largest absolute Gasteiger partial charge is 0.334 e. The average Bonchev–Trinajstić information content (AvgIpc) is 3.09. The summed E-state index contributed by atoms with van der Waals surface area (Å²) >= 11 is 0. The van der Waals surface area contributed by atoms with Crippen LogP contribution >= 0.6 is 0 Å². The van der Waals surface area contributed by atoms with Crippen molar-refractivity contribution in [2.45, 2.75) is 25.3 Å². The highest BCUT2D eigenvalue weighted by Gasteiger charge is 2.26. The van der Waals surface area contributed by atoms with Crippen LogP contribution < -0.4 is 5.73 Å². The predicted molar refractivity (Wildman–Crippen MR) is 79.1 cm³/mol. The molecule has 1 atom stereocenters. The van der Waals surface area contributed by atoms with Crippen LogP contribution in [0.5, 0.6) is 0 Å². The van der Waals surface area contributed by atoms with Crippen LogP contribution in [-0.2, 0) is 0 Å². The lowest BCUT2D eigenvalue weighted by atomic mass is 10.0. The highest BCUT2D eigenvalue weighted by Crippen LogP contribution is 2.19. The van der Waals surface area contributed by atoms with Crippen LogP contribution in [0.2, 0.25) is 0 Å². The maximum Gasteiger partial charge on any atom is 0.254 e. The van der Waals surface area contributed by atoms with E-state index in [1.54, 1.807) is 41.6 Å². The summed E-state index contributed by atoms with van der Waals surface area (Å²) in [5.74, 6) is 0.730. The summed E-state index contributed by atoms with van der Waals surface area (Å²) in [4.78, 5) is 22.9. The van der Waals surface area contributed by atoms with E-state index in [2.05, 4.69) is 9.97 Å². The van der Waals surface area contributed by atoms with Gasteiger partial charge in [0.1, 0.15) is 12.1 Å². The fourth-order valence-corrected chi connectivity index (χ4v) is 2.77. The van der Waals surface area contributed by atoms with E-state index in [4.69, 9.17) is 5.73 Å². The highest BCUT2D eigenvalue weighted by atomic mass is 16.2. The molecule has 1 aliphatic heterocycles. The molecule has 6 nitrogen and oxygen atoms in total. The first-order valence-electron chi connectivity index (χ1n) is 7.25. The Morgan fingerprint density at radius 2 is 2.29 bits per heavy atom. The SMILES string of the molecule is NCC1CCCCN1C(=O)c1ccnc(-n2ccnc2)c1. The van der Waals surface area contributed by atoms with E-state index in [1.165, 1.54) is 0 Å². The van der Waals surface area contributed by atoms with Crippen molar-refractivity contribution in [3.63, 3.8) is 0 Å². The smallest absolute Gasteiger partial charge is 0.254 e. The normalized spacial score (nSPS) is 18.7. The zero-order chi connectivity index (χ0) is 14.7. The van der Waals surface area contributed by atoms with Crippen molar-refractivity contribution in [3.8, 4) is 5.82 Å². The number of carbonyl (C=O) groups is 1. The van der Waals surface area contributed by atoms with Gasteiger partial charge in [0.25, 0.3) is 5.91 Å². The Morgan fingerprint density at radius 1 is 1.38 bits per heavy atom. The summed E-state index contributed by atoms with van der Waals surface area (Å²) in [6.45, 7) is 1.30. The van der Waals surface area contributed by atoms with E-state index >= 15 is 0 Å². The number of piperidine rings is 1. The molecule has 2 aromatic heterocycles. The van der Waals surface area contributed by atoms with Gasteiger partial charge < -0.3 is 10.6 Å². The number of imidazole rings is 1. The Kier molecular flexibility index (Phi) is 3.96. The van der Waals surface area contributed by atoms with Crippen molar-refractivity contribution in [3.05, 3.63) is 42.6 Å². The minimum absolute atomic E-state index is 0.0360. The van der Waals surface area contributed by atoms with Gasteiger partial charge in [-0.05, 0) is 31.4 Å². The zero-order valence-electron chi connectivity index (χ0n) is 11.9. The monoisotopic (exact) mass is 285 g/mol. The Morgan fingerprint density at radius 3 is 3.05 bits per heavy atom. The van der Waals surface area contributed by atoms with Crippen LogP contribution in [0.4, 0.5) is 0 Å². The zero-order valence-corrected chi connectivity index (χ0v) is 11.9. The van der Waals surface area contributed by atoms with Crippen LogP contribution in [-0.4, -0.2) is 44.5 Å². The molecule has 3 heterocycles. The van der Waals surface area contributed by atoms with Gasteiger partial charge in [0.2, 0.25) is 0 Å². The minimum Gasteiger partial charge on any atom is -0.334 e. The first-order chi connectivity index (χ1) is 10.3. The van der Waals surface area contributed by atoms with Crippen molar-refractivity contribution in [2.24, 2.45) is 5.73 Å². The molecule has 21 heavy (non-hydrogen) atoms. The molecule has 1 fully saturated rings. The van der Waals surface area contributed by atoms with E-state index in [1.807, 2.05) is 4.90 Å². The third-order valence-electron chi connectivity index (χ3n) is 3.92. The van der Waals surface area contributed by atoms with E-state index in [9.17, 15) is 4.79 Å². The minimum atomic E-state index is 0.0360. The van der Waals surface area contributed by atoms with Gasteiger partial charge >= 0.3 is 0 Å². The van der Waals surface area contributed by atoms with Crippen LogP contribution in [0.3, 0.4) is 0 Å². The van der Waals surface area contributed by atoms with Crippen molar-refractivity contribution < 1.29 is 4.79 Å². The van der Waals surface area contributed by atoms with Gasteiger partial charge in [0.15, 0.2) is 0 Å². The molecule has 0 bridgehead atoms. The number of hydrogen-bond donors (Lipinski definition) is 1.